The van der Waals surface area contributed by atoms with Crippen LogP contribution in [0, 0.1) is 0 Å². The number of pyridine rings is 1. The van der Waals surface area contributed by atoms with Gasteiger partial charge in [0, 0.05) is 12.8 Å². The molecule has 2 heterocycles. The highest BCUT2D eigenvalue weighted by molar-refractivity contribution is 5.83. The standard InChI is InChI=1S/C11H13N3O2/c15-11(10-5-3-7-16-10)14-13-8-9-4-1-2-6-12-9/h1-2,4,6,8,10H,3,5,7H2,(H,14,15). The Labute approximate surface area is 93.5 Å². The van der Waals surface area contributed by atoms with Crippen LogP contribution in [0.2, 0.25) is 0 Å². The van der Waals surface area contributed by atoms with Crippen molar-refractivity contribution in [2.75, 3.05) is 6.61 Å². The molecule has 5 heteroatoms. The zero-order chi connectivity index (χ0) is 11.2. The summed E-state index contributed by atoms with van der Waals surface area (Å²) >= 11 is 0. The summed E-state index contributed by atoms with van der Waals surface area (Å²) in [4.78, 5) is 15.5. The van der Waals surface area contributed by atoms with E-state index in [2.05, 4.69) is 15.5 Å². The molecule has 16 heavy (non-hydrogen) atoms. The van der Waals surface area contributed by atoms with Crippen molar-refractivity contribution in [3.8, 4) is 0 Å². The second-order valence-electron chi connectivity index (χ2n) is 3.49. The van der Waals surface area contributed by atoms with Gasteiger partial charge in [-0.25, -0.2) is 5.43 Å². The fraction of sp³-hybridized carbons (Fsp3) is 0.364. The van der Waals surface area contributed by atoms with Crippen molar-refractivity contribution in [3.63, 3.8) is 0 Å². The van der Waals surface area contributed by atoms with E-state index in [-0.39, 0.29) is 12.0 Å². The molecule has 1 aliphatic heterocycles. The maximum atomic E-state index is 11.5. The first-order valence-corrected chi connectivity index (χ1v) is 5.22. The summed E-state index contributed by atoms with van der Waals surface area (Å²) in [5, 5.41) is 3.82. The van der Waals surface area contributed by atoms with Gasteiger partial charge in [0.05, 0.1) is 11.9 Å². The monoisotopic (exact) mass is 219 g/mol. The second-order valence-corrected chi connectivity index (χ2v) is 3.49. The van der Waals surface area contributed by atoms with Crippen molar-refractivity contribution >= 4 is 12.1 Å². The minimum absolute atomic E-state index is 0.190. The van der Waals surface area contributed by atoms with Gasteiger partial charge < -0.3 is 4.74 Å². The molecule has 0 radical (unpaired) electrons. The second kappa shape index (κ2) is 5.37. The van der Waals surface area contributed by atoms with Crippen LogP contribution in [0.5, 0.6) is 0 Å². The highest BCUT2D eigenvalue weighted by atomic mass is 16.5. The summed E-state index contributed by atoms with van der Waals surface area (Å²) in [5.41, 5.74) is 3.14. The van der Waals surface area contributed by atoms with E-state index < -0.39 is 0 Å². The Balaban J connectivity index is 1.82. The Morgan fingerprint density at radius 2 is 2.56 bits per heavy atom. The number of rotatable bonds is 3. The number of nitrogens with one attached hydrogen (secondary N) is 1. The molecule has 0 spiro atoms. The van der Waals surface area contributed by atoms with Gasteiger partial charge in [-0.1, -0.05) is 6.07 Å². The Morgan fingerprint density at radius 3 is 3.25 bits per heavy atom. The van der Waals surface area contributed by atoms with Crippen LogP contribution in [0.4, 0.5) is 0 Å². The molecule has 1 N–H and O–H groups in total. The van der Waals surface area contributed by atoms with E-state index in [1.807, 2.05) is 18.2 Å². The number of ether oxygens (including phenoxy) is 1. The molecule has 1 fully saturated rings. The van der Waals surface area contributed by atoms with E-state index >= 15 is 0 Å². The van der Waals surface area contributed by atoms with Crippen molar-refractivity contribution in [2.24, 2.45) is 5.10 Å². The van der Waals surface area contributed by atoms with Crippen LogP contribution in [0.1, 0.15) is 18.5 Å². The van der Waals surface area contributed by atoms with Crippen LogP contribution in [0.3, 0.4) is 0 Å². The third-order valence-electron chi connectivity index (χ3n) is 2.28. The molecule has 0 aliphatic carbocycles. The summed E-state index contributed by atoms with van der Waals surface area (Å²) in [6.07, 6.45) is 4.53. The average molecular weight is 219 g/mol. The molecule has 84 valence electrons. The highest BCUT2D eigenvalue weighted by Gasteiger charge is 2.22. The number of aromatic nitrogens is 1. The number of amides is 1. The van der Waals surface area contributed by atoms with Gasteiger partial charge in [0.25, 0.3) is 5.91 Å². The maximum absolute atomic E-state index is 11.5. The lowest BCUT2D eigenvalue weighted by Gasteiger charge is -2.05. The molecule has 1 saturated heterocycles. The zero-order valence-corrected chi connectivity index (χ0v) is 8.80. The maximum Gasteiger partial charge on any atom is 0.269 e. The van der Waals surface area contributed by atoms with Gasteiger partial charge in [0.2, 0.25) is 0 Å². The van der Waals surface area contributed by atoms with E-state index in [1.54, 1.807) is 6.20 Å². The third kappa shape index (κ3) is 2.87. The van der Waals surface area contributed by atoms with Crippen molar-refractivity contribution < 1.29 is 9.53 Å². The molecule has 0 aromatic carbocycles. The van der Waals surface area contributed by atoms with E-state index in [1.165, 1.54) is 6.21 Å². The van der Waals surface area contributed by atoms with Crippen molar-refractivity contribution in [1.82, 2.24) is 10.4 Å². The quantitative estimate of drug-likeness (QED) is 0.601. The van der Waals surface area contributed by atoms with Gasteiger partial charge in [-0.15, -0.1) is 0 Å². The van der Waals surface area contributed by atoms with Crippen molar-refractivity contribution in [2.45, 2.75) is 18.9 Å². The van der Waals surface area contributed by atoms with Gasteiger partial charge >= 0.3 is 0 Å². The van der Waals surface area contributed by atoms with E-state index in [0.717, 1.165) is 12.8 Å². The molecule has 1 atom stereocenters. The number of hydrogen-bond donors (Lipinski definition) is 1. The van der Waals surface area contributed by atoms with Crippen LogP contribution in [-0.4, -0.2) is 29.8 Å². The molecule has 1 amide bonds. The summed E-state index contributed by atoms with van der Waals surface area (Å²) < 4.78 is 5.22. The summed E-state index contributed by atoms with van der Waals surface area (Å²) in [6.45, 7) is 0.655. The Morgan fingerprint density at radius 1 is 1.62 bits per heavy atom. The van der Waals surface area contributed by atoms with Crippen LogP contribution in [-0.2, 0) is 9.53 Å². The lowest BCUT2D eigenvalue weighted by Crippen LogP contribution is -2.30. The largest absolute Gasteiger partial charge is 0.368 e. The number of hydrogen-bond acceptors (Lipinski definition) is 4. The minimum Gasteiger partial charge on any atom is -0.368 e. The van der Waals surface area contributed by atoms with Gasteiger partial charge in [0.1, 0.15) is 6.10 Å². The highest BCUT2D eigenvalue weighted by Crippen LogP contribution is 2.11. The van der Waals surface area contributed by atoms with Gasteiger partial charge in [0.15, 0.2) is 0 Å². The predicted molar refractivity (Wildman–Crippen MR) is 58.9 cm³/mol. The van der Waals surface area contributed by atoms with Gasteiger partial charge in [-0.2, -0.15) is 5.10 Å². The third-order valence-corrected chi connectivity index (χ3v) is 2.28. The SMILES string of the molecule is O=C(NN=Cc1ccccn1)C1CCCO1. The lowest BCUT2D eigenvalue weighted by molar-refractivity contribution is -0.130. The number of nitrogens with zero attached hydrogens (tertiary/aromatic N) is 2. The molecule has 0 saturated carbocycles. The molecule has 1 unspecified atom stereocenters. The Hall–Kier alpha value is -1.75. The van der Waals surface area contributed by atoms with E-state index in [4.69, 9.17) is 4.74 Å². The molecule has 1 aliphatic rings. The molecular weight excluding hydrogens is 206 g/mol. The topological polar surface area (TPSA) is 63.6 Å². The molecule has 1 aromatic heterocycles. The number of carbonyl (C=O) groups excluding carboxylic acids is 1. The van der Waals surface area contributed by atoms with Crippen LogP contribution in [0.15, 0.2) is 29.5 Å². The molecule has 1 aromatic rings. The van der Waals surface area contributed by atoms with E-state index in [0.29, 0.717) is 12.3 Å². The molecular formula is C11H13N3O2. The summed E-state index contributed by atoms with van der Waals surface area (Å²) in [6, 6.07) is 5.49. The number of carbonyl (C=O) groups is 1. The predicted octanol–water partition coefficient (Wildman–Crippen LogP) is 0.711. The number of hydrazone groups is 1. The zero-order valence-electron chi connectivity index (χ0n) is 8.80. The lowest BCUT2D eigenvalue weighted by atomic mass is 10.2. The van der Waals surface area contributed by atoms with Crippen molar-refractivity contribution in [3.05, 3.63) is 30.1 Å². The molecule has 0 bridgehead atoms. The minimum atomic E-state index is -0.346. The molecule has 5 nitrogen and oxygen atoms in total. The van der Waals surface area contributed by atoms with Gasteiger partial charge in [-0.3, -0.25) is 9.78 Å². The fourth-order valence-corrected chi connectivity index (χ4v) is 1.47. The van der Waals surface area contributed by atoms with Gasteiger partial charge in [-0.05, 0) is 25.0 Å². The molecule has 2 rings (SSSR count). The smallest absolute Gasteiger partial charge is 0.269 e. The normalized spacial score (nSPS) is 20.1. The Bertz CT molecular complexity index is 372. The Kier molecular flexibility index (Phi) is 3.61. The van der Waals surface area contributed by atoms with Crippen LogP contribution >= 0.6 is 0 Å². The average Bonchev–Trinajstić information content (AvgIpc) is 2.84. The first-order valence-electron chi connectivity index (χ1n) is 5.22. The van der Waals surface area contributed by atoms with E-state index in [9.17, 15) is 4.79 Å². The van der Waals surface area contributed by atoms with Crippen LogP contribution in [0.25, 0.3) is 0 Å². The summed E-state index contributed by atoms with van der Waals surface area (Å²) in [7, 11) is 0. The first-order chi connectivity index (χ1) is 7.86. The summed E-state index contributed by atoms with van der Waals surface area (Å²) in [5.74, 6) is -0.190. The fourth-order valence-electron chi connectivity index (χ4n) is 1.47. The first kappa shape index (κ1) is 10.8. The van der Waals surface area contributed by atoms with Crippen LogP contribution < -0.4 is 5.43 Å². The van der Waals surface area contributed by atoms with Crippen molar-refractivity contribution in [1.29, 1.82) is 0 Å².